The van der Waals surface area contributed by atoms with Gasteiger partial charge in [-0.05, 0) is 19.1 Å². The van der Waals surface area contributed by atoms with Gasteiger partial charge in [-0.15, -0.1) is 0 Å². The highest BCUT2D eigenvalue weighted by Crippen LogP contribution is 2.06. The van der Waals surface area contributed by atoms with E-state index in [4.69, 9.17) is 5.14 Å². The van der Waals surface area contributed by atoms with Gasteiger partial charge in [-0.25, -0.2) is 13.6 Å². The van der Waals surface area contributed by atoms with E-state index >= 15 is 0 Å². The molecule has 0 radical (unpaired) electrons. The first-order valence-corrected chi connectivity index (χ1v) is 4.64. The molecule has 0 unspecified atom stereocenters. The molecule has 0 spiro atoms. The third kappa shape index (κ3) is 2.64. The molecule has 0 aliphatic carbocycles. The van der Waals surface area contributed by atoms with Crippen molar-refractivity contribution in [3.05, 3.63) is 29.8 Å². The number of hydrogen-bond acceptors (Lipinski definition) is 2. The van der Waals surface area contributed by atoms with Crippen LogP contribution in [0.5, 0.6) is 0 Å². The molecule has 0 atom stereocenters. The zero-order valence-electron chi connectivity index (χ0n) is 6.11. The summed E-state index contributed by atoms with van der Waals surface area (Å²) < 4.78 is 21.4. The maximum atomic E-state index is 10.7. The van der Waals surface area contributed by atoms with E-state index in [1.165, 1.54) is 12.1 Å². The van der Waals surface area contributed by atoms with Gasteiger partial charge in [-0.1, -0.05) is 25.1 Å². The van der Waals surface area contributed by atoms with Crippen LogP contribution in [0, 0.1) is 6.92 Å². The molecule has 0 aliphatic heterocycles. The first-order chi connectivity index (χ1) is 5.00. The van der Waals surface area contributed by atoms with E-state index in [9.17, 15) is 8.42 Å². The molecule has 12 heavy (non-hydrogen) atoms. The first kappa shape index (κ1) is 11.1. The fourth-order valence-electron chi connectivity index (χ4n) is 0.728. The lowest BCUT2D eigenvalue weighted by atomic mass is 10.2. The lowest BCUT2D eigenvalue weighted by Gasteiger charge is -1.96. The van der Waals surface area contributed by atoms with Crippen LogP contribution in [0.3, 0.4) is 0 Å². The Morgan fingerprint density at radius 1 is 1.17 bits per heavy atom. The van der Waals surface area contributed by atoms with Crippen molar-refractivity contribution in [1.82, 2.24) is 0 Å². The fourth-order valence-corrected chi connectivity index (χ4v) is 1.24. The molecule has 4 heteroatoms. The van der Waals surface area contributed by atoms with Crippen molar-refractivity contribution >= 4 is 10.0 Å². The standard InChI is InChI=1S/C7H9NO2S.CH4/c1-6-2-4-7(5-3-6)11(8,9)10;/h2-5H,1H3,(H2,8,9,10);1H4. The second-order valence-electron chi connectivity index (χ2n) is 2.36. The number of hydrogen-bond donors (Lipinski definition) is 1. The predicted octanol–water partition coefficient (Wildman–Crippen LogP) is 1.28. The van der Waals surface area contributed by atoms with E-state index in [1.54, 1.807) is 12.1 Å². The molecular formula is C8H13NO2S. The zero-order chi connectivity index (χ0) is 8.48. The molecule has 0 fully saturated rings. The highest BCUT2D eigenvalue weighted by Gasteiger charge is 2.04. The van der Waals surface area contributed by atoms with Crippen LogP contribution < -0.4 is 5.14 Å². The van der Waals surface area contributed by atoms with Gasteiger partial charge in [0.05, 0.1) is 4.90 Å². The summed E-state index contributed by atoms with van der Waals surface area (Å²) in [6.07, 6.45) is 0. The summed E-state index contributed by atoms with van der Waals surface area (Å²) in [7, 11) is -3.52. The summed E-state index contributed by atoms with van der Waals surface area (Å²) in [5.41, 5.74) is 1.01. The van der Waals surface area contributed by atoms with Crippen molar-refractivity contribution in [3.63, 3.8) is 0 Å². The normalized spacial score (nSPS) is 10.5. The summed E-state index contributed by atoms with van der Waals surface area (Å²) in [4.78, 5) is 0.156. The highest BCUT2D eigenvalue weighted by molar-refractivity contribution is 7.89. The fraction of sp³-hybridized carbons (Fsp3) is 0.250. The van der Waals surface area contributed by atoms with Gasteiger partial charge in [0, 0.05) is 0 Å². The summed E-state index contributed by atoms with van der Waals surface area (Å²) in [6.45, 7) is 1.88. The highest BCUT2D eigenvalue weighted by atomic mass is 32.2. The van der Waals surface area contributed by atoms with E-state index in [2.05, 4.69) is 0 Å². The van der Waals surface area contributed by atoms with E-state index < -0.39 is 10.0 Å². The average molecular weight is 187 g/mol. The Bertz CT molecular complexity index is 340. The Labute approximate surface area is 73.3 Å². The quantitative estimate of drug-likeness (QED) is 0.720. The molecule has 2 N–H and O–H groups in total. The Kier molecular flexibility index (Phi) is 3.42. The Morgan fingerprint density at radius 2 is 1.58 bits per heavy atom. The molecule has 0 aliphatic rings. The van der Waals surface area contributed by atoms with Crippen LogP contribution >= 0.6 is 0 Å². The van der Waals surface area contributed by atoms with Gasteiger partial charge in [0.2, 0.25) is 10.0 Å². The maximum absolute atomic E-state index is 10.7. The van der Waals surface area contributed by atoms with Gasteiger partial charge in [-0.3, -0.25) is 0 Å². The van der Waals surface area contributed by atoms with E-state index in [0.29, 0.717) is 0 Å². The minimum absolute atomic E-state index is 0. The Hall–Kier alpha value is -0.870. The molecule has 0 saturated heterocycles. The first-order valence-electron chi connectivity index (χ1n) is 3.09. The van der Waals surface area contributed by atoms with Crippen LogP contribution in [0.25, 0.3) is 0 Å². The van der Waals surface area contributed by atoms with Crippen molar-refractivity contribution in [3.8, 4) is 0 Å². The number of aryl methyl sites for hydroxylation is 1. The van der Waals surface area contributed by atoms with Gasteiger partial charge >= 0.3 is 0 Å². The molecule has 0 amide bonds. The van der Waals surface area contributed by atoms with Crippen LogP contribution in [0.4, 0.5) is 0 Å². The van der Waals surface area contributed by atoms with Crippen molar-refractivity contribution in [2.45, 2.75) is 19.2 Å². The second-order valence-corrected chi connectivity index (χ2v) is 3.92. The topological polar surface area (TPSA) is 60.2 Å². The van der Waals surface area contributed by atoms with E-state index in [-0.39, 0.29) is 12.3 Å². The van der Waals surface area contributed by atoms with Gasteiger partial charge in [0.15, 0.2) is 0 Å². The Balaban J connectivity index is 0.00000121. The summed E-state index contributed by atoms with van der Waals surface area (Å²) in [5, 5.41) is 4.88. The molecule has 0 heterocycles. The van der Waals surface area contributed by atoms with Crippen molar-refractivity contribution in [1.29, 1.82) is 0 Å². The van der Waals surface area contributed by atoms with Crippen molar-refractivity contribution in [2.24, 2.45) is 5.14 Å². The van der Waals surface area contributed by atoms with Crippen LogP contribution in [0.15, 0.2) is 29.2 Å². The summed E-state index contributed by atoms with van der Waals surface area (Å²) in [6, 6.07) is 6.40. The van der Waals surface area contributed by atoms with Gasteiger partial charge in [0.1, 0.15) is 0 Å². The van der Waals surface area contributed by atoms with Crippen molar-refractivity contribution in [2.75, 3.05) is 0 Å². The van der Waals surface area contributed by atoms with Gasteiger partial charge < -0.3 is 0 Å². The molecule has 1 rings (SSSR count). The number of rotatable bonds is 1. The third-order valence-electron chi connectivity index (χ3n) is 1.35. The molecule has 0 bridgehead atoms. The minimum atomic E-state index is -3.52. The zero-order valence-corrected chi connectivity index (χ0v) is 6.93. The number of primary sulfonamides is 1. The lowest BCUT2D eigenvalue weighted by Crippen LogP contribution is -2.11. The molecule has 0 saturated carbocycles. The largest absolute Gasteiger partial charge is 0.238 e. The van der Waals surface area contributed by atoms with Crippen LogP contribution in [0.2, 0.25) is 0 Å². The molecule has 1 aromatic carbocycles. The number of sulfonamides is 1. The average Bonchev–Trinajstić information content (AvgIpc) is 1.86. The van der Waals surface area contributed by atoms with E-state index in [0.717, 1.165) is 5.56 Å². The lowest BCUT2D eigenvalue weighted by molar-refractivity contribution is 0.598. The summed E-state index contributed by atoms with van der Waals surface area (Å²) in [5.74, 6) is 0. The minimum Gasteiger partial charge on any atom is -0.225 e. The SMILES string of the molecule is C.Cc1ccc(S(N)(=O)=O)cc1. The van der Waals surface area contributed by atoms with Gasteiger partial charge in [-0.2, -0.15) is 0 Å². The second kappa shape index (κ2) is 3.69. The third-order valence-corrected chi connectivity index (χ3v) is 2.28. The summed E-state index contributed by atoms with van der Waals surface area (Å²) >= 11 is 0. The molecule has 3 nitrogen and oxygen atoms in total. The number of nitrogens with two attached hydrogens (primary N) is 1. The van der Waals surface area contributed by atoms with Crippen LogP contribution in [-0.2, 0) is 10.0 Å². The predicted molar refractivity (Wildman–Crippen MR) is 49.3 cm³/mol. The van der Waals surface area contributed by atoms with Crippen LogP contribution in [-0.4, -0.2) is 8.42 Å². The molecule has 0 aromatic heterocycles. The molecule has 68 valence electrons. The molecule has 1 aromatic rings. The monoisotopic (exact) mass is 187 g/mol. The number of benzene rings is 1. The maximum Gasteiger partial charge on any atom is 0.238 e. The van der Waals surface area contributed by atoms with Crippen LogP contribution in [0.1, 0.15) is 13.0 Å². The van der Waals surface area contributed by atoms with Crippen molar-refractivity contribution < 1.29 is 8.42 Å². The van der Waals surface area contributed by atoms with E-state index in [1.807, 2.05) is 6.92 Å². The Morgan fingerprint density at radius 3 is 1.92 bits per heavy atom. The smallest absolute Gasteiger partial charge is 0.225 e. The molecular weight excluding hydrogens is 174 g/mol. The van der Waals surface area contributed by atoms with Gasteiger partial charge in [0.25, 0.3) is 0 Å².